The topological polar surface area (TPSA) is 102 Å². The molecule has 0 spiro atoms. The van der Waals surface area contributed by atoms with Gasteiger partial charge in [-0.3, -0.25) is 9.59 Å². The van der Waals surface area contributed by atoms with Crippen molar-refractivity contribution in [2.75, 3.05) is 41.0 Å². The Hall–Kier alpha value is -2.45. The first-order valence-electron chi connectivity index (χ1n) is 24.5. The lowest BCUT2D eigenvalue weighted by atomic mass is 10.1. The van der Waals surface area contributed by atoms with Crippen LogP contribution in [0.25, 0.3) is 0 Å². The van der Waals surface area contributed by atoms with Crippen LogP contribution >= 0.6 is 0 Å². The van der Waals surface area contributed by atoms with E-state index in [1.807, 2.05) is 0 Å². The van der Waals surface area contributed by atoms with E-state index in [0.29, 0.717) is 12.8 Å². The zero-order valence-electron chi connectivity index (χ0n) is 39.2. The molecule has 0 saturated heterocycles. The van der Waals surface area contributed by atoms with Gasteiger partial charge in [0.1, 0.15) is 12.6 Å². The van der Waals surface area contributed by atoms with Gasteiger partial charge in [-0.15, -0.1) is 0 Å². The average molecular weight is 832 g/mol. The summed E-state index contributed by atoms with van der Waals surface area (Å²) in [5.41, 5.74) is 0. The number of nitrogens with zero attached hydrogens (tertiary/aromatic N) is 1. The maximum atomic E-state index is 12.8. The molecule has 0 bridgehead atoms. The van der Waals surface area contributed by atoms with Gasteiger partial charge in [0.05, 0.1) is 40.3 Å². The molecule has 0 fully saturated rings. The Bertz CT molecular complexity index is 1060. The van der Waals surface area contributed by atoms with E-state index in [0.717, 1.165) is 51.4 Å². The molecule has 59 heavy (non-hydrogen) atoms. The van der Waals surface area contributed by atoms with Crippen molar-refractivity contribution >= 4 is 17.9 Å². The van der Waals surface area contributed by atoms with Crippen LogP contribution < -0.4 is 5.11 Å². The third kappa shape index (κ3) is 40.7. The highest BCUT2D eigenvalue weighted by atomic mass is 16.6. The van der Waals surface area contributed by atoms with Gasteiger partial charge < -0.3 is 28.6 Å². The number of aliphatic carboxylic acids is 1. The van der Waals surface area contributed by atoms with Crippen LogP contribution in [0.15, 0.2) is 36.5 Å². The van der Waals surface area contributed by atoms with Crippen LogP contribution in [-0.4, -0.2) is 75.5 Å². The Labute approximate surface area is 364 Å². The number of carboxylic acid groups (broad SMARTS) is 1. The Kier molecular flexibility index (Phi) is 40.5. The minimum Gasteiger partial charge on any atom is -0.544 e. The summed E-state index contributed by atoms with van der Waals surface area (Å²) in [5.74, 6) is -1.75. The monoisotopic (exact) mass is 832 g/mol. The minimum absolute atomic E-state index is 0.0365. The first-order chi connectivity index (χ1) is 28.6. The molecule has 0 aromatic heterocycles. The molecule has 0 amide bonds. The highest BCUT2D eigenvalue weighted by Crippen LogP contribution is 2.15. The van der Waals surface area contributed by atoms with E-state index in [1.54, 1.807) is 21.1 Å². The number of quaternary nitrogens is 1. The Balaban J connectivity index is 4.28. The number of ether oxygens (including phenoxy) is 3. The number of esters is 2. The predicted octanol–water partition coefficient (Wildman–Crippen LogP) is 12.5. The van der Waals surface area contributed by atoms with Crippen molar-refractivity contribution in [3.05, 3.63) is 36.5 Å². The molecule has 0 saturated carbocycles. The number of unbranched alkanes of at least 4 members (excludes halogenated alkanes) is 25. The van der Waals surface area contributed by atoms with Gasteiger partial charge in [-0.25, -0.2) is 0 Å². The lowest BCUT2D eigenvalue weighted by Gasteiger charge is -2.34. The molecular formula is C51H93NO7. The molecule has 8 nitrogen and oxygen atoms in total. The third-order valence-corrected chi connectivity index (χ3v) is 11.0. The van der Waals surface area contributed by atoms with Crippen molar-refractivity contribution in [3.8, 4) is 0 Å². The van der Waals surface area contributed by atoms with Gasteiger partial charge in [0.2, 0.25) is 0 Å². The number of likely N-dealkylation sites (N-methyl/N-ethyl adjacent to an activating group) is 1. The van der Waals surface area contributed by atoms with E-state index in [2.05, 4.69) is 50.3 Å². The molecule has 2 atom stereocenters. The Morgan fingerprint density at radius 1 is 0.508 bits per heavy atom. The number of carboxylic acids is 1. The standard InChI is InChI=1S/C51H93NO7/c1-6-8-10-12-14-16-18-20-22-23-24-25-26-28-30-32-34-36-38-40-42-50(54)59-47(45-57-44-43-48(51(55)56)52(3,4)5)46-58-49(53)41-39-37-35-33-31-29-27-21-19-17-15-13-11-9-7-2/h15,17,19,21,24-25,47-48H,6-14,16,18,20,22-23,26-46H2,1-5H3/b17-15+,21-19+,25-24+. The van der Waals surface area contributed by atoms with Crippen LogP contribution in [0.5, 0.6) is 0 Å². The SMILES string of the molecule is CCCCC/C=C/C=C/CCCCCCCCC(=O)OCC(COCCC(C(=O)[O-])[N+](C)(C)C)OC(=O)CCCCCCCCC/C=C/CCCCCCCCCCC. The quantitative estimate of drug-likeness (QED) is 0.0198. The molecule has 344 valence electrons. The molecular weight excluding hydrogens is 739 g/mol. The normalized spacial score (nSPS) is 13.2. The van der Waals surface area contributed by atoms with Crippen LogP contribution in [0.1, 0.15) is 219 Å². The summed E-state index contributed by atoms with van der Waals surface area (Å²) in [4.78, 5) is 36.9. The van der Waals surface area contributed by atoms with Crippen molar-refractivity contribution in [1.29, 1.82) is 0 Å². The summed E-state index contributed by atoms with van der Waals surface area (Å²) in [6, 6.07) is -0.728. The zero-order chi connectivity index (χ0) is 43.5. The fraction of sp³-hybridized carbons (Fsp3) is 0.824. The third-order valence-electron chi connectivity index (χ3n) is 11.0. The maximum Gasteiger partial charge on any atom is 0.306 e. The Morgan fingerprint density at radius 3 is 1.36 bits per heavy atom. The summed E-state index contributed by atoms with van der Waals surface area (Å²) in [6.07, 6.45) is 48.8. The van der Waals surface area contributed by atoms with E-state index < -0.39 is 18.1 Å². The van der Waals surface area contributed by atoms with Gasteiger partial charge in [0.15, 0.2) is 6.10 Å². The van der Waals surface area contributed by atoms with Gasteiger partial charge in [-0.2, -0.15) is 0 Å². The highest BCUT2D eigenvalue weighted by molar-refractivity contribution is 5.70. The first-order valence-corrected chi connectivity index (χ1v) is 24.5. The second-order valence-corrected chi connectivity index (χ2v) is 17.7. The fourth-order valence-corrected chi connectivity index (χ4v) is 7.17. The van der Waals surface area contributed by atoms with Crippen molar-refractivity contribution < 1.29 is 38.2 Å². The molecule has 0 aromatic rings. The van der Waals surface area contributed by atoms with Crippen LogP contribution in [-0.2, 0) is 28.6 Å². The fourth-order valence-electron chi connectivity index (χ4n) is 7.17. The van der Waals surface area contributed by atoms with Crippen LogP contribution in [0.4, 0.5) is 0 Å². The van der Waals surface area contributed by atoms with Crippen molar-refractivity contribution in [2.24, 2.45) is 0 Å². The van der Waals surface area contributed by atoms with E-state index >= 15 is 0 Å². The molecule has 0 rings (SSSR count). The molecule has 0 N–H and O–H groups in total. The lowest BCUT2D eigenvalue weighted by Crippen LogP contribution is -2.55. The number of allylic oxidation sites excluding steroid dienone is 6. The maximum absolute atomic E-state index is 12.8. The lowest BCUT2D eigenvalue weighted by molar-refractivity contribution is -0.889. The van der Waals surface area contributed by atoms with Crippen molar-refractivity contribution in [1.82, 2.24) is 0 Å². The first kappa shape index (κ1) is 56.5. The minimum atomic E-state index is -1.13. The van der Waals surface area contributed by atoms with Crippen molar-refractivity contribution in [3.63, 3.8) is 0 Å². The molecule has 0 heterocycles. The summed E-state index contributed by atoms with van der Waals surface area (Å²) in [5, 5.41) is 11.6. The molecule has 0 aliphatic carbocycles. The predicted molar refractivity (Wildman–Crippen MR) is 245 cm³/mol. The van der Waals surface area contributed by atoms with Gasteiger partial charge in [-0.1, -0.05) is 172 Å². The van der Waals surface area contributed by atoms with Gasteiger partial charge in [-0.05, 0) is 64.2 Å². The number of rotatable bonds is 44. The second-order valence-electron chi connectivity index (χ2n) is 17.7. The summed E-state index contributed by atoms with van der Waals surface area (Å²) in [6.45, 7) is 4.63. The van der Waals surface area contributed by atoms with Crippen LogP contribution in [0.2, 0.25) is 0 Å². The number of hydrogen-bond acceptors (Lipinski definition) is 7. The highest BCUT2D eigenvalue weighted by Gasteiger charge is 2.25. The van der Waals surface area contributed by atoms with Gasteiger partial charge in [0.25, 0.3) is 0 Å². The number of hydrogen-bond donors (Lipinski definition) is 0. The molecule has 0 aliphatic rings. The summed E-state index contributed by atoms with van der Waals surface area (Å²) >= 11 is 0. The molecule has 2 unspecified atom stereocenters. The molecule has 0 radical (unpaired) electrons. The molecule has 0 aliphatic heterocycles. The largest absolute Gasteiger partial charge is 0.544 e. The van der Waals surface area contributed by atoms with Gasteiger partial charge >= 0.3 is 11.9 Å². The summed E-state index contributed by atoms with van der Waals surface area (Å²) in [7, 11) is 5.41. The van der Waals surface area contributed by atoms with Gasteiger partial charge in [0, 0.05) is 19.3 Å². The van der Waals surface area contributed by atoms with Crippen LogP contribution in [0, 0.1) is 0 Å². The van der Waals surface area contributed by atoms with E-state index in [4.69, 9.17) is 14.2 Å². The zero-order valence-corrected chi connectivity index (χ0v) is 39.2. The van der Waals surface area contributed by atoms with Crippen molar-refractivity contribution in [2.45, 2.75) is 231 Å². The smallest absolute Gasteiger partial charge is 0.306 e. The van der Waals surface area contributed by atoms with E-state index in [1.165, 1.54) is 135 Å². The van der Waals surface area contributed by atoms with E-state index in [9.17, 15) is 19.5 Å². The Morgan fingerprint density at radius 2 is 0.898 bits per heavy atom. The second kappa shape index (κ2) is 42.2. The summed E-state index contributed by atoms with van der Waals surface area (Å²) < 4.78 is 17.2. The number of carbonyl (C=O) groups is 3. The van der Waals surface area contributed by atoms with E-state index in [-0.39, 0.29) is 42.7 Å². The van der Waals surface area contributed by atoms with Crippen LogP contribution in [0.3, 0.4) is 0 Å². The number of carbonyl (C=O) groups excluding carboxylic acids is 3. The molecule has 8 heteroatoms. The average Bonchev–Trinajstić information content (AvgIpc) is 3.19. The molecule has 0 aromatic carbocycles.